The molecule has 0 amide bonds. The Kier molecular flexibility index (Phi) is 4.05. The highest BCUT2D eigenvalue weighted by molar-refractivity contribution is 7.99. The van der Waals surface area contributed by atoms with E-state index in [0.29, 0.717) is 21.7 Å². The van der Waals surface area contributed by atoms with Crippen LogP contribution < -0.4 is 15.7 Å². The van der Waals surface area contributed by atoms with Gasteiger partial charge in [-0.1, -0.05) is 0 Å². The Labute approximate surface area is 113 Å². The van der Waals surface area contributed by atoms with E-state index in [4.69, 9.17) is 4.74 Å². The molecule has 102 valence electrons. The second-order valence-electron chi connectivity index (χ2n) is 3.56. The van der Waals surface area contributed by atoms with Crippen molar-refractivity contribution < 1.29 is 4.74 Å². The Morgan fingerprint density at radius 3 is 2.89 bits per heavy atom. The van der Waals surface area contributed by atoms with Crippen LogP contribution in [0.1, 0.15) is 6.92 Å². The fraction of sp³-hybridized carbons (Fsp3) is 0.400. The van der Waals surface area contributed by atoms with Crippen LogP contribution in [0.25, 0.3) is 0 Å². The van der Waals surface area contributed by atoms with E-state index < -0.39 is 0 Å². The number of nitrogens with one attached hydrogen (secondary N) is 2. The molecule has 0 aromatic carbocycles. The van der Waals surface area contributed by atoms with Crippen molar-refractivity contribution in [3.05, 3.63) is 16.8 Å². The Morgan fingerprint density at radius 2 is 2.32 bits per heavy atom. The van der Waals surface area contributed by atoms with E-state index in [1.165, 1.54) is 22.7 Å². The number of aromatic nitrogens is 5. The molecule has 2 aromatic rings. The van der Waals surface area contributed by atoms with E-state index in [2.05, 4.69) is 25.5 Å². The number of aromatic amines is 1. The molecule has 2 heterocycles. The number of rotatable bonds is 5. The summed E-state index contributed by atoms with van der Waals surface area (Å²) in [5.74, 6) is 1.15. The zero-order valence-electron chi connectivity index (χ0n) is 10.8. The highest BCUT2D eigenvalue weighted by Crippen LogP contribution is 2.35. The Morgan fingerprint density at radius 1 is 1.53 bits per heavy atom. The van der Waals surface area contributed by atoms with Crippen LogP contribution >= 0.6 is 11.8 Å². The third-order valence-electron chi connectivity index (χ3n) is 2.35. The van der Waals surface area contributed by atoms with E-state index in [1.807, 2.05) is 6.92 Å². The molecule has 19 heavy (non-hydrogen) atoms. The minimum absolute atomic E-state index is 0.276. The van der Waals surface area contributed by atoms with Crippen molar-refractivity contribution in [2.24, 2.45) is 7.05 Å². The molecule has 9 heteroatoms. The van der Waals surface area contributed by atoms with Crippen LogP contribution in [-0.2, 0) is 7.05 Å². The monoisotopic (exact) mass is 282 g/mol. The smallest absolute Gasteiger partial charge is 0.343 e. The van der Waals surface area contributed by atoms with Crippen molar-refractivity contribution in [1.82, 2.24) is 24.7 Å². The van der Waals surface area contributed by atoms with Crippen molar-refractivity contribution in [2.75, 3.05) is 19.0 Å². The minimum atomic E-state index is -0.276. The van der Waals surface area contributed by atoms with Crippen LogP contribution in [0.5, 0.6) is 5.75 Å². The predicted molar refractivity (Wildman–Crippen MR) is 70.7 cm³/mol. The molecule has 0 aliphatic carbocycles. The van der Waals surface area contributed by atoms with Gasteiger partial charge in [0.15, 0.2) is 21.7 Å². The number of hydrogen-bond donors (Lipinski definition) is 2. The summed E-state index contributed by atoms with van der Waals surface area (Å²) in [6, 6.07) is 0. The number of ether oxygens (including phenoxy) is 1. The van der Waals surface area contributed by atoms with Crippen molar-refractivity contribution in [3.63, 3.8) is 0 Å². The molecule has 0 unspecified atom stereocenters. The standard InChI is InChI=1S/C10H14N6O2S/c1-4-11-7-6(18-3)8(13-5-12-7)19-10-15-14-9(17)16(10)2/h5H,4H2,1-3H3,(H,14,17)(H,11,12,13). The van der Waals surface area contributed by atoms with Gasteiger partial charge in [0.05, 0.1) is 7.11 Å². The van der Waals surface area contributed by atoms with Gasteiger partial charge < -0.3 is 10.1 Å². The molecule has 0 fully saturated rings. The molecule has 2 N–H and O–H groups in total. The number of hydrogen-bond acceptors (Lipinski definition) is 7. The van der Waals surface area contributed by atoms with E-state index in [9.17, 15) is 4.79 Å². The lowest BCUT2D eigenvalue weighted by atomic mass is 10.5. The van der Waals surface area contributed by atoms with Gasteiger partial charge in [0.2, 0.25) is 0 Å². The molecule has 0 saturated carbocycles. The van der Waals surface area contributed by atoms with Crippen molar-refractivity contribution in [2.45, 2.75) is 17.1 Å². The number of H-pyrrole nitrogens is 1. The van der Waals surface area contributed by atoms with E-state index >= 15 is 0 Å². The molecular weight excluding hydrogens is 268 g/mol. The normalized spacial score (nSPS) is 10.5. The number of anilines is 1. The summed E-state index contributed by atoms with van der Waals surface area (Å²) in [7, 11) is 3.18. The lowest BCUT2D eigenvalue weighted by Gasteiger charge is -2.11. The molecule has 0 bridgehead atoms. The second kappa shape index (κ2) is 5.74. The SMILES string of the molecule is CCNc1ncnc(Sc2n[nH]c(=O)n2C)c1OC. The van der Waals surface area contributed by atoms with Gasteiger partial charge in [0, 0.05) is 13.6 Å². The van der Waals surface area contributed by atoms with Gasteiger partial charge in [0.25, 0.3) is 0 Å². The Hall–Kier alpha value is -2.03. The fourth-order valence-corrected chi connectivity index (χ4v) is 2.27. The number of nitrogens with zero attached hydrogens (tertiary/aromatic N) is 4. The fourth-order valence-electron chi connectivity index (χ4n) is 1.42. The lowest BCUT2D eigenvalue weighted by molar-refractivity contribution is 0.400. The Bertz CT molecular complexity index is 623. The highest BCUT2D eigenvalue weighted by Gasteiger charge is 2.15. The van der Waals surface area contributed by atoms with Gasteiger partial charge in [-0.15, -0.1) is 5.10 Å². The van der Waals surface area contributed by atoms with Crippen LogP contribution in [0.3, 0.4) is 0 Å². The van der Waals surface area contributed by atoms with Gasteiger partial charge in [-0.2, -0.15) is 0 Å². The van der Waals surface area contributed by atoms with E-state index in [0.717, 1.165) is 6.54 Å². The first-order valence-corrected chi connectivity index (χ1v) is 6.41. The molecule has 0 aliphatic rings. The van der Waals surface area contributed by atoms with Crippen molar-refractivity contribution in [3.8, 4) is 5.75 Å². The van der Waals surface area contributed by atoms with Gasteiger partial charge >= 0.3 is 5.69 Å². The minimum Gasteiger partial charge on any atom is -0.490 e. The summed E-state index contributed by atoms with van der Waals surface area (Å²) in [6.07, 6.45) is 1.44. The third kappa shape index (κ3) is 2.70. The first-order chi connectivity index (χ1) is 9.17. The van der Waals surface area contributed by atoms with E-state index in [1.54, 1.807) is 14.2 Å². The van der Waals surface area contributed by atoms with Gasteiger partial charge in [-0.3, -0.25) is 4.57 Å². The maximum Gasteiger partial charge on any atom is 0.343 e. The average molecular weight is 282 g/mol. The topological polar surface area (TPSA) is 97.7 Å². The molecule has 0 saturated heterocycles. The molecule has 0 radical (unpaired) electrons. The second-order valence-corrected chi connectivity index (χ2v) is 4.52. The summed E-state index contributed by atoms with van der Waals surface area (Å²) in [6.45, 7) is 2.68. The quantitative estimate of drug-likeness (QED) is 0.770. The summed E-state index contributed by atoms with van der Waals surface area (Å²) >= 11 is 1.23. The van der Waals surface area contributed by atoms with Crippen molar-refractivity contribution in [1.29, 1.82) is 0 Å². The van der Waals surface area contributed by atoms with Crippen LogP contribution in [0, 0.1) is 0 Å². The molecule has 2 aromatic heterocycles. The van der Waals surface area contributed by atoms with Gasteiger partial charge in [-0.05, 0) is 18.7 Å². The largest absolute Gasteiger partial charge is 0.490 e. The molecule has 2 rings (SSSR count). The number of methoxy groups -OCH3 is 1. The molecular formula is C10H14N6O2S. The first-order valence-electron chi connectivity index (χ1n) is 5.59. The zero-order valence-corrected chi connectivity index (χ0v) is 11.6. The molecule has 0 aliphatic heterocycles. The highest BCUT2D eigenvalue weighted by atomic mass is 32.2. The third-order valence-corrected chi connectivity index (χ3v) is 3.38. The Balaban J connectivity index is 2.37. The van der Waals surface area contributed by atoms with Crippen LogP contribution in [0.4, 0.5) is 5.82 Å². The van der Waals surface area contributed by atoms with Crippen LogP contribution in [0.15, 0.2) is 21.3 Å². The van der Waals surface area contributed by atoms with Crippen LogP contribution in [0.2, 0.25) is 0 Å². The van der Waals surface area contributed by atoms with Gasteiger partial charge in [0.1, 0.15) is 6.33 Å². The molecule has 0 spiro atoms. The lowest BCUT2D eigenvalue weighted by Crippen LogP contribution is -2.13. The zero-order chi connectivity index (χ0) is 13.8. The first kappa shape index (κ1) is 13.4. The summed E-state index contributed by atoms with van der Waals surface area (Å²) in [5, 5.41) is 10.5. The average Bonchev–Trinajstić information content (AvgIpc) is 2.72. The van der Waals surface area contributed by atoms with Crippen LogP contribution in [-0.4, -0.2) is 38.4 Å². The van der Waals surface area contributed by atoms with Crippen molar-refractivity contribution >= 4 is 17.6 Å². The molecule has 8 nitrogen and oxygen atoms in total. The predicted octanol–water partition coefficient (Wildman–Crippen LogP) is 0.490. The molecule has 0 atom stereocenters. The van der Waals surface area contributed by atoms with Gasteiger partial charge in [-0.25, -0.2) is 19.9 Å². The summed E-state index contributed by atoms with van der Waals surface area (Å²) < 4.78 is 6.72. The summed E-state index contributed by atoms with van der Waals surface area (Å²) in [5.41, 5.74) is -0.276. The summed E-state index contributed by atoms with van der Waals surface area (Å²) in [4.78, 5) is 19.6. The maximum atomic E-state index is 11.3. The maximum absolute atomic E-state index is 11.3. The van der Waals surface area contributed by atoms with E-state index in [-0.39, 0.29) is 5.69 Å².